The zero-order chi connectivity index (χ0) is 12.3. The normalized spacial score (nSPS) is 10.9. The molecule has 0 spiro atoms. The van der Waals surface area contributed by atoms with Crippen molar-refractivity contribution in [2.45, 2.75) is 26.3 Å². The molecule has 0 bridgehead atoms. The number of nitrogens with one attached hydrogen (secondary N) is 1. The lowest BCUT2D eigenvalue weighted by atomic mass is 10.4. The number of methoxy groups -OCH3 is 1. The number of nitrogens with zero attached hydrogens (tertiary/aromatic N) is 2. The van der Waals surface area contributed by atoms with Gasteiger partial charge in [-0.1, -0.05) is 12.1 Å². The van der Waals surface area contributed by atoms with Crippen LogP contribution in [-0.4, -0.2) is 43.6 Å². The van der Waals surface area contributed by atoms with E-state index in [0.29, 0.717) is 44.5 Å². The van der Waals surface area contributed by atoms with Gasteiger partial charge in [0.15, 0.2) is 5.82 Å². The van der Waals surface area contributed by atoms with E-state index < -0.39 is 0 Å². The largest absolute Gasteiger partial charge is 0.382 e. The minimum Gasteiger partial charge on any atom is -0.382 e. The van der Waals surface area contributed by atoms with E-state index in [9.17, 15) is 0 Å². The average Bonchev–Trinajstić information content (AvgIpc) is 2.77. The Morgan fingerprint density at radius 2 is 2.18 bits per heavy atom. The molecular weight excluding hydrogens is 222 g/mol. The summed E-state index contributed by atoms with van der Waals surface area (Å²) in [4.78, 5) is 4.25. The molecule has 0 amide bonds. The lowest BCUT2D eigenvalue weighted by Crippen LogP contribution is -2.14. The van der Waals surface area contributed by atoms with Crippen LogP contribution < -0.4 is 5.32 Å². The third-order valence-electron chi connectivity index (χ3n) is 2.11. The molecule has 1 aromatic rings. The van der Waals surface area contributed by atoms with Crippen LogP contribution in [0, 0.1) is 0 Å². The average molecular weight is 243 g/mol. The first kappa shape index (κ1) is 14.1. The Morgan fingerprint density at radius 3 is 2.94 bits per heavy atom. The van der Waals surface area contributed by atoms with Gasteiger partial charge < -0.3 is 19.3 Å². The topological polar surface area (TPSA) is 69.4 Å². The maximum Gasteiger partial charge on any atom is 0.240 e. The molecule has 1 heterocycles. The molecular formula is C11H21N3O3. The van der Waals surface area contributed by atoms with Crippen LogP contribution in [0.1, 0.15) is 25.1 Å². The number of aromatic nitrogens is 2. The zero-order valence-corrected chi connectivity index (χ0v) is 10.6. The molecule has 0 saturated heterocycles. The van der Waals surface area contributed by atoms with E-state index in [1.807, 2.05) is 0 Å². The molecule has 0 aliphatic rings. The highest BCUT2D eigenvalue weighted by Gasteiger charge is 2.05. The fourth-order valence-corrected chi connectivity index (χ4v) is 1.24. The van der Waals surface area contributed by atoms with Crippen LogP contribution in [0.3, 0.4) is 0 Å². The van der Waals surface area contributed by atoms with Crippen LogP contribution in [0.5, 0.6) is 0 Å². The SMILES string of the molecule is CCCNCc1nc(CCOCCOC)no1. The van der Waals surface area contributed by atoms with E-state index in [1.54, 1.807) is 7.11 Å². The quantitative estimate of drug-likeness (QED) is 0.612. The molecule has 6 heteroatoms. The molecule has 0 aliphatic heterocycles. The number of rotatable bonds is 10. The van der Waals surface area contributed by atoms with Gasteiger partial charge in [0, 0.05) is 13.5 Å². The molecule has 1 aromatic heterocycles. The number of ether oxygens (including phenoxy) is 2. The maximum atomic E-state index is 5.32. The highest BCUT2D eigenvalue weighted by Crippen LogP contribution is 1.98. The van der Waals surface area contributed by atoms with Crippen molar-refractivity contribution in [3.63, 3.8) is 0 Å². The van der Waals surface area contributed by atoms with E-state index >= 15 is 0 Å². The smallest absolute Gasteiger partial charge is 0.240 e. The Kier molecular flexibility index (Phi) is 7.53. The molecule has 6 nitrogen and oxygen atoms in total. The van der Waals surface area contributed by atoms with E-state index in [0.717, 1.165) is 13.0 Å². The van der Waals surface area contributed by atoms with Gasteiger partial charge in [-0.3, -0.25) is 0 Å². The van der Waals surface area contributed by atoms with Gasteiger partial charge >= 0.3 is 0 Å². The van der Waals surface area contributed by atoms with Crippen molar-refractivity contribution in [2.75, 3.05) is 33.5 Å². The summed E-state index contributed by atoms with van der Waals surface area (Å²) in [6.45, 7) is 5.50. The minimum absolute atomic E-state index is 0.588. The second-order valence-corrected chi connectivity index (χ2v) is 3.64. The summed E-state index contributed by atoms with van der Waals surface area (Å²) < 4.78 is 15.3. The summed E-state index contributed by atoms with van der Waals surface area (Å²) >= 11 is 0. The van der Waals surface area contributed by atoms with Crippen LogP contribution in [0.15, 0.2) is 4.52 Å². The first-order chi connectivity index (χ1) is 8.36. The van der Waals surface area contributed by atoms with E-state index in [4.69, 9.17) is 14.0 Å². The first-order valence-corrected chi connectivity index (χ1v) is 5.95. The Hall–Kier alpha value is -0.980. The number of hydrogen-bond donors (Lipinski definition) is 1. The molecule has 0 radical (unpaired) electrons. The lowest BCUT2D eigenvalue weighted by Gasteiger charge is -2.00. The fourth-order valence-electron chi connectivity index (χ4n) is 1.24. The van der Waals surface area contributed by atoms with Gasteiger partial charge in [-0.05, 0) is 13.0 Å². The molecule has 1 N–H and O–H groups in total. The fraction of sp³-hybridized carbons (Fsp3) is 0.818. The van der Waals surface area contributed by atoms with Crippen LogP contribution in [-0.2, 0) is 22.4 Å². The Labute approximate surface area is 102 Å². The predicted molar refractivity (Wildman–Crippen MR) is 62.7 cm³/mol. The third kappa shape index (κ3) is 6.35. The Balaban J connectivity index is 2.12. The minimum atomic E-state index is 0.588. The molecule has 0 fully saturated rings. The van der Waals surface area contributed by atoms with Crippen molar-refractivity contribution >= 4 is 0 Å². The summed E-state index contributed by atoms with van der Waals surface area (Å²) in [5, 5.41) is 7.08. The van der Waals surface area contributed by atoms with Crippen molar-refractivity contribution in [3.8, 4) is 0 Å². The highest BCUT2D eigenvalue weighted by atomic mass is 16.5. The van der Waals surface area contributed by atoms with Gasteiger partial charge in [-0.15, -0.1) is 0 Å². The number of hydrogen-bond acceptors (Lipinski definition) is 6. The summed E-state index contributed by atoms with van der Waals surface area (Å²) in [5.41, 5.74) is 0. The standard InChI is InChI=1S/C11H21N3O3/c1-3-5-12-9-11-13-10(14-17-11)4-6-16-8-7-15-2/h12H,3-9H2,1-2H3. The summed E-state index contributed by atoms with van der Waals surface area (Å²) in [5.74, 6) is 1.32. The van der Waals surface area contributed by atoms with Gasteiger partial charge in [0.2, 0.25) is 5.89 Å². The van der Waals surface area contributed by atoms with Gasteiger partial charge in [-0.25, -0.2) is 0 Å². The van der Waals surface area contributed by atoms with Crippen LogP contribution >= 0.6 is 0 Å². The Bertz CT molecular complexity index is 291. The Morgan fingerprint density at radius 1 is 1.29 bits per heavy atom. The molecule has 17 heavy (non-hydrogen) atoms. The maximum absolute atomic E-state index is 5.32. The van der Waals surface area contributed by atoms with Crippen molar-refractivity contribution in [1.82, 2.24) is 15.5 Å². The van der Waals surface area contributed by atoms with Crippen molar-refractivity contribution < 1.29 is 14.0 Å². The monoisotopic (exact) mass is 243 g/mol. The van der Waals surface area contributed by atoms with Crippen molar-refractivity contribution in [3.05, 3.63) is 11.7 Å². The van der Waals surface area contributed by atoms with Crippen LogP contribution in [0.25, 0.3) is 0 Å². The zero-order valence-electron chi connectivity index (χ0n) is 10.6. The van der Waals surface area contributed by atoms with Crippen molar-refractivity contribution in [2.24, 2.45) is 0 Å². The summed E-state index contributed by atoms with van der Waals surface area (Å²) in [6, 6.07) is 0. The predicted octanol–water partition coefficient (Wildman–Crippen LogP) is 0.775. The van der Waals surface area contributed by atoms with Gasteiger partial charge in [0.1, 0.15) is 0 Å². The molecule has 0 unspecified atom stereocenters. The van der Waals surface area contributed by atoms with Gasteiger partial charge in [0.05, 0.1) is 26.4 Å². The second kappa shape index (κ2) is 9.09. The molecule has 98 valence electrons. The molecule has 0 saturated carbocycles. The third-order valence-corrected chi connectivity index (χ3v) is 2.11. The van der Waals surface area contributed by atoms with Crippen molar-refractivity contribution in [1.29, 1.82) is 0 Å². The molecule has 0 aromatic carbocycles. The summed E-state index contributed by atoms with van der Waals surface area (Å²) in [7, 11) is 1.65. The van der Waals surface area contributed by atoms with Crippen LogP contribution in [0.2, 0.25) is 0 Å². The molecule has 0 aliphatic carbocycles. The summed E-state index contributed by atoms with van der Waals surface area (Å²) in [6.07, 6.45) is 1.76. The van der Waals surface area contributed by atoms with E-state index in [2.05, 4.69) is 22.4 Å². The van der Waals surface area contributed by atoms with Gasteiger partial charge in [0.25, 0.3) is 0 Å². The molecule has 1 rings (SSSR count). The lowest BCUT2D eigenvalue weighted by molar-refractivity contribution is 0.0714. The second-order valence-electron chi connectivity index (χ2n) is 3.64. The van der Waals surface area contributed by atoms with Crippen LogP contribution in [0.4, 0.5) is 0 Å². The first-order valence-electron chi connectivity index (χ1n) is 5.95. The van der Waals surface area contributed by atoms with E-state index in [1.165, 1.54) is 0 Å². The highest BCUT2D eigenvalue weighted by molar-refractivity contribution is 4.86. The van der Waals surface area contributed by atoms with Gasteiger partial charge in [-0.2, -0.15) is 4.98 Å². The van der Waals surface area contributed by atoms with E-state index in [-0.39, 0.29) is 0 Å². The molecule has 0 atom stereocenters.